The number of aliphatic carboxylic acids is 1. The molecule has 1 heterocycles. The van der Waals surface area contributed by atoms with Crippen LogP contribution in [0.2, 0.25) is 0 Å². The van der Waals surface area contributed by atoms with Crippen molar-refractivity contribution in [2.45, 2.75) is 31.6 Å². The molecule has 94 valence electrons. The van der Waals surface area contributed by atoms with Gasteiger partial charge in [-0.3, -0.25) is 4.79 Å². The third-order valence-corrected chi connectivity index (χ3v) is 4.15. The van der Waals surface area contributed by atoms with Gasteiger partial charge < -0.3 is 15.2 Å². The lowest BCUT2D eigenvalue weighted by molar-refractivity contribution is -0.147. The number of carboxylic acid groups (broad SMARTS) is 1. The highest BCUT2D eigenvalue weighted by molar-refractivity contribution is 5.93. The number of phenolic OH excluding ortho intramolecular Hbond substituents is 1. The lowest BCUT2D eigenvalue weighted by Crippen LogP contribution is -2.42. The topological polar surface area (TPSA) is 73.3 Å². The minimum atomic E-state index is -0.887. The van der Waals surface area contributed by atoms with Gasteiger partial charge in [-0.15, -0.1) is 0 Å². The van der Waals surface area contributed by atoms with Crippen LogP contribution in [-0.4, -0.2) is 21.2 Å². The number of carboxylic acids is 1. The summed E-state index contributed by atoms with van der Waals surface area (Å²) in [6.07, 6.45) is 3.92. The number of benzene rings is 1. The molecule has 1 fully saturated rings. The Labute approximate surface area is 104 Å². The van der Waals surface area contributed by atoms with E-state index in [-0.39, 0.29) is 5.75 Å². The van der Waals surface area contributed by atoms with Crippen LogP contribution in [-0.2, 0) is 10.2 Å². The lowest BCUT2D eigenvalue weighted by Gasteiger charge is -2.38. The van der Waals surface area contributed by atoms with Gasteiger partial charge in [0.25, 0.3) is 0 Å². The molecule has 4 nitrogen and oxygen atoms in total. The van der Waals surface area contributed by atoms with E-state index in [0.29, 0.717) is 18.4 Å². The molecule has 0 aliphatic heterocycles. The molecule has 1 aliphatic carbocycles. The minimum Gasteiger partial charge on any atom is -0.507 e. The maximum atomic E-state index is 11.5. The number of fused-ring (bicyclic) bond motifs is 1. The number of carbonyl (C=O) groups is 1. The molecule has 0 bridgehead atoms. The molecule has 3 rings (SSSR count). The summed E-state index contributed by atoms with van der Waals surface area (Å²) in [6.45, 7) is 1.90. The summed E-state index contributed by atoms with van der Waals surface area (Å²) in [5.74, 6) is -0.718. The SMILES string of the molecule is Cc1c[nH]c2ccc(C3(C(=O)O)CCC3)c(O)c12. The number of hydrogen-bond acceptors (Lipinski definition) is 2. The van der Waals surface area contributed by atoms with E-state index in [1.165, 1.54) is 0 Å². The van der Waals surface area contributed by atoms with Crippen molar-refractivity contribution < 1.29 is 15.0 Å². The van der Waals surface area contributed by atoms with E-state index in [1.54, 1.807) is 6.07 Å². The van der Waals surface area contributed by atoms with Crippen LogP contribution in [0.15, 0.2) is 18.3 Å². The van der Waals surface area contributed by atoms with Crippen molar-refractivity contribution in [3.63, 3.8) is 0 Å². The van der Waals surface area contributed by atoms with Gasteiger partial charge in [-0.1, -0.05) is 12.5 Å². The third kappa shape index (κ3) is 1.23. The molecule has 0 atom stereocenters. The van der Waals surface area contributed by atoms with E-state index in [0.717, 1.165) is 22.9 Å². The average Bonchev–Trinajstić information content (AvgIpc) is 2.62. The molecule has 2 aromatic rings. The largest absolute Gasteiger partial charge is 0.507 e. The quantitative estimate of drug-likeness (QED) is 0.761. The summed E-state index contributed by atoms with van der Waals surface area (Å²) in [5, 5.41) is 20.6. The smallest absolute Gasteiger partial charge is 0.314 e. The van der Waals surface area contributed by atoms with Crippen molar-refractivity contribution in [1.82, 2.24) is 4.98 Å². The van der Waals surface area contributed by atoms with E-state index in [4.69, 9.17) is 0 Å². The maximum Gasteiger partial charge on any atom is 0.314 e. The molecular weight excluding hydrogens is 230 g/mol. The summed E-state index contributed by atoms with van der Waals surface area (Å²) in [5.41, 5.74) is 1.44. The Hall–Kier alpha value is -1.97. The number of nitrogens with one attached hydrogen (secondary N) is 1. The number of aromatic amines is 1. The summed E-state index contributed by atoms with van der Waals surface area (Å²) in [7, 11) is 0. The molecule has 0 radical (unpaired) electrons. The number of H-pyrrole nitrogens is 1. The number of phenols is 1. The molecule has 3 N–H and O–H groups in total. The van der Waals surface area contributed by atoms with Gasteiger partial charge in [0.05, 0.1) is 5.41 Å². The van der Waals surface area contributed by atoms with E-state index in [1.807, 2.05) is 19.2 Å². The second kappa shape index (κ2) is 3.51. The first-order chi connectivity index (χ1) is 8.56. The Kier molecular flexibility index (Phi) is 2.17. The molecule has 18 heavy (non-hydrogen) atoms. The van der Waals surface area contributed by atoms with Crippen molar-refractivity contribution in [1.29, 1.82) is 0 Å². The standard InChI is InChI=1S/C14H15NO3/c1-8-7-15-10-4-3-9(12(16)11(8)10)14(13(17)18)5-2-6-14/h3-4,7,15-16H,2,5-6H2,1H3,(H,17,18). The van der Waals surface area contributed by atoms with Crippen LogP contribution in [0.1, 0.15) is 30.4 Å². The number of aromatic nitrogens is 1. The second-order valence-electron chi connectivity index (χ2n) is 5.10. The highest BCUT2D eigenvalue weighted by Gasteiger charge is 2.47. The van der Waals surface area contributed by atoms with Crippen molar-refractivity contribution in [3.05, 3.63) is 29.5 Å². The van der Waals surface area contributed by atoms with Gasteiger partial charge in [-0.05, 0) is 31.4 Å². The first-order valence-corrected chi connectivity index (χ1v) is 6.10. The number of rotatable bonds is 2. The van der Waals surface area contributed by atoms with Gasteiger partial charge in [0.15, 0.2) is 0 Å². The van der Waals surface area contributed by atoms with E-state index >= 15 is 0 Å². The molecule has 1 aromatic carbocycles. The first-order valence-electron chi connectivity index (χ1n) is 6.10. The zero-order valence-electron chi connectivity index (χ0n) is 10.2. The van der Waals surface area contributed by atoms with Crippen molar-refractivity contribution in [2.75, 3.05) is 0 Å². The Balaban J connectivity index is 2.27. The van der Waals surface area contributed by atoms with Crippen LogP contribution in [0, 0.1) is 6.92 Å². The zero-order chi connectivity index (χ0) is 12.9. The van der Waals surface area contributed by atoms with Gasteiger partial charge in [0.2, 0.25) is 0 Å². The van der Waals surface area contributed by atoms with Crippen molar-refractivity contribution >= 4 is 16.9 Å². The Morgan fingerprint density at radius 3 is 2.67 bits per heavy atom. The van der Waals surface area contributed by atoms with Crippen LogP contribution in [0.5, 0.6) is 5.75 Å². The Morgan fingerprint density at radius 2 is 2.11 bits per heavy atom. The second-order valence-corrected chi connectivity index (χ2v) is 5.10. The molecule has 1 aliphatic rings. The molecule has 0 unspecified atom stereocenters. The van der Waals surface area contributed by atoms with Crippen LogP contribution in [0.3, 0.4) is 0 Å². The first kappa shape index (κ1) is 11.1. The highest BCUT2D eigenvalue weighted by atomic mass is 16.4. The van der Waals surface area contributed by atoms with Crippen LogP contribution >= 0.6 is 0 Å². The van der Waals surface area contributed by atoms with Crippen molar-refractivity contribution in [3.8, 4) is 5.75 Å². The average molecular weight is 245 g/mol. The Morgan fingerprint density at radius 1 is 1.39 bits per heavy atom. The van der Waals surface area contributed by atoms with Crippen LogP contribution < -0.4 is 0 Å². The molecule has 4 heteroatoms. The van der Waals surface area contributed by atoms with Gasteiger partial charge in [-0.2, -0.15) is 0 Å². The van der Waals surface area contributed by atoms with Gasteiger partial charge in [0.1, 0.15) is 5.75 Å². The van der Waals surface area contributed by atoms with Gasteiger partial charge in [-0.25, -0.2) is 0 Å². The molecule has 1 aromatic heterocycles. The van der Waals surface area contributed by atoms with Crippen LogP contribution in [0.4, 0.5) is 0 Å². The predicted octanol–water partition coefficient (Wildman–Crippen LogP) is 2.69. The van der Waals surface area contributed by atoms with Gasteiger partial charge >= 0.3 is 5.97 Å². The molecule has 1 saturated carbocycles. The molecule has 0 amide bonds. The summed E-state index contributed by atoms with van der Waals surface area (Å²) in [4.78, 5) is 14.6. The highest BCUT2D eigenvalue weighted by Crippen LogP contribution is 2.49. The van der Waals surface area contributed by atoms with Gasteiger partial charge in [0, 0.05) is 22.7 Å². The zero-order valence-corrected chi connectivity index (χ0v) is 10.2. The number of aryl methyl sites for hydroxylation is 1. The fourth-order valence-electron chi connectivity index (χ4n) is 2.88. The number of hydrogen-bond donors (Lipinski definition) is 3. The molecule has 0 saturated heterocycles. The predicted molar refractivity (Wildman–Crippen MR) is 67.9 cm³/mol. The van der Waals surface area contributed by atoms with E-state index < -0.39 is 11.4 Å². The summed E-state index contributed by atoms with van der Waals surface area (Å²) in [6, 6.07) is 3.58. The minimum absolute atomic E-state index is 0.119. The summed E-state index contributed by atoms with van der Waals surface area (Å²) < 4.78 is 0. The molecule has 0 spiro atoms. The fraction of sp³-hybridized carbons (Fsp3) is 0.357. The fourth-order valence-corrected chi connectivity index (χ4v) is 2.88. The summed E-state index contributed by atoms with van der Waals surface area (Å²) >= 11 is 0. The monoisotopic (exact) mass is 245 g/mol. The maximum absolute atomic E-state index is 11.5. The molecular formula is C14H15NO3. The lowest BCUT2D eigenvalue weighted by atomic mass is 9.64. The number of aromatic hydroxyl groups is 1. The van der Waals surface area contributed by atoms with E-state index in [9.17, 15) is 15.0 Å². The van der Waals surface area contributed by atoms with Crippen molar-refractivity contribution in [2.24, 2.45) is 0 Å². The third-order valence-electron chi connectivity index (χ3n) is 4.15. The normalized spacial score (nSPS) is 17.6. The Bertz CT molecular complexity index is 638. The van der Waals surface area contributed by atoms with Crippen LogP contribution in [0.25, 0.3) is 10.9 Å². The van der Waals surface area contributed by atoms with E-state index in [2.05, 4.69) is 4.98 Å².